The Morgan fingerprint density at radius 1 is 1.29 bits per heavy atom. The van der Waals surface area contributed by atoms with Crippen LogP contribution in [0.2, 0.25) is 0 Å². The molecule has 0 bridgehead atoms. The van der Waals surface area contributed by atoms with Crippen molar-refractivity contribution < 1.29 is 0 Å². The molecule has 2 aromatic rings. The summed E-state index contributed by atoms with van der Waals surface area (Å²) >= 11 is 8.97. The zero-order chi connectivity index (χ0) is 10.6. The standard InChI is InChI=1S/C10H9IS.CH3Cl/c1-7-9(6-11)8-4-2-3-5-10(8)12-7;1-2/h2-5H,6H2,1H3;1H3. The molecule has 14 heavy (non-hydrogen) atoms. The molecule has 0 spiro atoms. The van der Waals surface area contributed by atoms with Gasteiger partial charge in [-0.25, -0.2) is 0 Å². The third kappa shape index (κ3) is 2.41. The minimum atomic E-state index is 1.12. The molecule has 3 heteroatoms. The minimum Gasteiger partial charge on any atom is -0.140 e. The molecule has 1 aromatic heterocycles. The summed E-state index contributed by atoms with van der Waals surface area (Å²) in [7, 11) is 0. The Kier molecular flexibility index (Phi) is 5.20. The average molecular weight is 339 g/mol. The van der Waals surface area contributed by atoms with Gasteiger partial charge in [0.05, 0.1) is 0 Å². The number of rotatable bonds is 1. The van der Waals surface area contributed by atoms with Crippen LogP contribution in [0, 0.1) is 6.92 Å². The van der Waals surface area contributed by atoms with E-state index in [0.717, 1.165) is 4.43 Å². The molecule has 0 aliphatic carbocycles. The van der Waals surface area contributed by atoms with Crippen molar-refractivity contribution in [2.24, 2.45) is 0 Å². The first-order valence-corrected chi connectivity index (χ1v) is 7.33. The Balaban J connectivity index is 0.000000461. The van der Waals surface area contributed by atoms with Gasteiger partial charge in [0.15, 0.2) is 0 Å². The summed E-state index contributed by atoms with van der Waals surface area (Å²) in [6.07, 6.45) is 1.47. The van der Waals surface area contributed by atoms with Crippen molar-refractivity contribution in [1.29, 1.82) is 0 Å². The van der Waals surface area contributed by atoms with Gasteiger partial charge in [-0.15, -0.1) is 22.9 Å². The van der Waals surface area contributed by atoms with E-state index < -0.39 is 0 Å². The summed E-state index contributed by atoms with van der Waals surface area (Å²) in [4.78, 5) is 1.46. The molecule has 0 atom stereocenters. The molecule has 1 aromatic carbocycles. The second-order valence-electron chi connectivity index (χ2n) is 2.77. The van der Waals surface area contributed by atoms with Crippen molar-refractivity contribution in [3.05, 3.63) is 34.7 Å². The molecule has 0 saturated heterocycles. The van der Waals surface area contributed by atoms with E-state index in [9.17, 15) is 0 Å². The predicted octanol–water partition coefficient (Wildman–Crippen LogP) is 5.00. The molecule has 0 N–H and O–H groups in total. The number of hydrogen-bond acceptors (Lipinski definition) is 1. The van der Waals surface area contributed by atoms with Crippen LogP contribution < -0.4 is 0 Å². The van der Waals surface area contributed by atoms with Crippen molar-refractivity contribution in [2.75, 3.05) is 6.38 Å². The SMILES string of the molecule is CCl.Cc1sc2ccccc2c1CI. The number of alkyl halides is 2. The summed E-state index contributed by atoms with van der Waals surface area (Å²) < 4.78 is 2.54. The second kappa shape index (κ2) is 5.93. The van der Waals surface area contributed by atoms with E-state index >= 15 is 0 Å². The number of benzene rings is 1. The first kappa shape index (κ1) is 12.3. The van der Waals surface area contributed by atoms with Crippen LogP contribution in [0.5, 0.6) is 0 Å². The van der Waals surface area contributed by atoms with Crippen LogP contribution in [0.1, 0.15) is 10.4 Å². The maximum atomic E-state index is 4.64. The first-order chi connectivity index (χ1) is 6.83. The Morgan fingerprint density at radius 2 is 1.93 bits per heavy atom. The van der Waals surface area contributed by atoms with Crippen molar-refractivity contribution in [3.63, 3.8) is 0 Å². The van der Waals surface area contributed by atoms with E-state index in [0.29, 0.717) is 0 Å². The van der Waals surface area contributed by atoms with E-state index in [1.807, 2.05) is 11.3 Å². The number of hydrogen-bond donors (Lipinski definition) is 0. The molecule has 0 unspecified atom stereocenters. The van der Waals surface area contributed by atoms with Crippen LogP contribution in [0.3, 0.4) is 0 Å². The van der Waals surface area contributed by atoms with Crippen molar-refractivity contribution >= 4 is 55.6 Å². The molecule has 76 valence electrons. The Labute approximate surface area is 107 Å². The summed E-state index contributed by atoms with van der Waals surface area (Å²) in [5.41, 5.74) is 1.51. The molecule has 0 saturated carbocycles. The smallest absolute Gasteiger partial charge is 0.0348 e. The quantitative estimate of drug-likeness (QED) is 0.507. The normalized spacial score (nSPS) is 9.71. The van der Waals surface area contributed by atoms with Gasteiger partial charge in [-0.05, 0) is 23.9 Å². The Bertz CT molecular complexity index is 409. The summed E-state index contributed by atoms with van der Waals surface area (Å²) in [6.45, 7) is 2.21. The maximum Gasteiger partial charge on any atom is 0.0348 e. The zero-order valence-electron chi connectivity index (χ0n) is 8.18. The molecule has 0 radical (unpaired) electrons. The number of halogens is 2. The van der Waals surface area contributed by atoms with Crippen molar-refractivity contribution in [3.8, 4) is 0 Å². The molecule has 0 aliphatic heterocycles. The van der Waals surface area contributed by atoms with E-state index in [4.69, 9.17) is 0 Å². The molecule has 2 rings (SSSR count). The largest absolute Gasteiger partial charge is 0.140 e. The van der Waals surface area contributed by atoms with Crippen LogP contribution in [0.4, 0.5) is 0 Å². The van der Waals surface area contributed by atoms with Gasteiger partial charge in [-0.1, -0.05) is 40.8 Å². The minimum absolute atomic E-state index is 1.12. The highest BCUT2D eigenvalue weighted by atomic mass is 127. The van der Waals surface area contributed by atoms with Gasteiger partial charge in [0.25, 0.3) is 0 Å². The Hall–Kier alpha value is 0.200. The Morgan fingerprint density at radius 3 is 2.57 bits per heavy atom. The van der Waals surface area contributed by atoms with Gasteiger partial charge in [0, 0.05) is 20.4 Å². The third-order valence-corrected chi connectivity index (χ3v) is 3.93. The third-order valence-electron chi connectivity index (χ3n) is 2.03. The molecular weight excluding hydrogens is 327 g/mol. The van der Waals surface area contributed by atoms with Crippen molar-refractivity contribution in [2.45, 2.75) is 11.4 Å². The van der Waals surface area contributed by atoms with Gasteiger partial charge in [0.2, 0.25) is 0 Å². The molecule has 0 aliphatic rings. The fourth-order valence-corrected chi connectivity index (χ4v) is 3.71. The molecule has 1 heterocycles. The predicted molar refractivity (Wildman–Crippen MR) is 76.1 cm³/mol. The zero-order valence-corrected chi connectivity index (χ0v) is 11.9. The lowest BCUT2D eigenvalue weighted by Crippen LogP contribution is -1.75. The van der Waals surface area contributed by atoms with Crippen molar-refractivity contribution in [1.82, 2.24) is 0 Å². The summed E-state index contributed by atoms with van der Waals surface area (Å²) in [6, 6.07) is 8.63. The van der Waals surface area contributed by atoms with E-state index in [1.54, 1.807) is 0 Å². The maximum absolute atomic E-state index is 4.64. The van der Waals surface area contributed by atoms with Gasteiger partial charge >= 0.3 is 0 Å². The lowest BCUT2D eigenvalue weighted by molar-refractivity contribution is 1.46. The van der Waals surface area contributed by atoms with E-state index in [1.165, 1.54) is 26.9 Å². The van der Waals surface area contributed by atoms with Crippen LogP contribution >= 0.6 is 45.5 Å². The van der Waals surface area contributed by atoms with E-state index in [-0.39, 0.29) is 0 Å². The molecular formula is C11H12ClIS. The lowest BCUT2D eigenvalue weighted by atomic mass is 10.2. The summed E-state index contributed by atoms with van der Waals surface area (Å²) in [5.74, 6) is 0. The number of thiophene rings is 1. The van der Waals surface area contributed by atoms with Crippen LogP contribution in [0.25, 0.3) is 10.1 Å². The monoisotopic (exact) mass is 338 g/mol. The second-order valence-corrected chi connectivity index (χ2v) is 4.79. The lowest BCUT2D eigenvalue weighted by Gasteiger charge is -1.92. The molecule has 0 fully saturated rings. The average Bonchev–Trinajstić information content (AvgIpc) is 2.56. The van der Waals surface area contributed by atoms with Gasteiger partial charge in [-0.3, -0.25) is 0 Å². The fourth-order valence-electron chi connectivity index (χ4n) is 1.39. The first-order valence-electron chi connectivity index (χ1n) is 4.23. The van der Waals surface area contributed by atoms with E-state index in [2.05, 4.69) is 65.4 Å². The van der Waals surface area contributed by atoms with Gasteiger partial charge < -0.3 is 0 Å². The topological polar surface area (TPSA) is 0 Å². The highest BCUT2D eigenvalue weighted by Gasteiger charge is 2.05. The highest BCUT2D eigenvalue weighted by molar-refractivity contribution is 14.1. The number of fused-ring (bicyclic) bond motifs is 1. The van der Waals surface area contributed by atoms with Crippen LogP contribution in [0.15, 0.2) is 24.3 Å². The van der Waals surface area contributed by atoms with Gasteiger partial charge in [-0.2, -0.15) is 0 Å². The van der Waals surface area contributed by atoms with Crippen LogP contribution in [-0.4, -0.2) is 6.38 Å². The number of aryl methyl sites for hydroxylation is 1. The molecule has 0 amide bonds. The fraction of sp³-hybridized carbons (Fsp3) is 0.273. The summed E-state index contributed by atoms with van der Waals surface area (Å²) in [5, 5.41) is 1.44. The highest BCUT2D eigenvalue weighted by Crippen LogP contribution is 2.31. The van der Waals surface area contributed by atoms with Gasteiger partial charge in [0.1, 0.15) is 0 Å². The van der Waals surface area contributed by atoms with Crippen LogP contribution in [-0.2, 0) is 4.43 Å². The molecule has 0 nitrogen and oxygen atoms in total.